The van der Waals surface area contributed by atoms with Gasteiger partial charge in [-0.05, 0) is 42.3 Å². The van der Waals surface area contributed by atoms with E-state index in [-0.39, 0.29) is 17.7 Å². The van der Waals surface area contributed by atoms with E-state index in [1.165, 1.54) is 24.3 Å². The first kappa shape index (κ1) is 12.6. The van der Waals surface area contributed by atoms with Crippen molar-refractivity contribution in [2.24, 2.45) is 0 Å². The van der Waals surface area contributed by atoms with E-state index in [0.717, 1.165) is 17.7 Å². The maximum absolute atomic E-state index is 13.1. The molecule has 0 aromatic heterocycles. The summed E-state index contributed by atoms with van der Waals surface area (Å²) in [5, 5.41) is 3.24. The number of hydrogen-bond acceptors (Lipinski definition) is 1. The Bertz CT molecular complexity index is 508. The molecule has 1 unspecified atom stereocenters. The van der Waals surface area contributed by atoms with Crippen molar-refractivity contribution in [3.63, 3.8) is 0 Å². The Kier molecular flexibility index (Phi) is 3.92. The van der Waals surface area contributed by atoms with Crippen molar-refractivity contribution in [1.29, 1.82) is 0 Å². The average molecular weight is 247 g/mol. The first-order valence-electron chi connectivity index (χ1n) is 5.96. The molecule has 2 rings (SSSR count). The zero-order valence-corrected chi connectivity index (χ0v) is 10.2. The van der Waals surface area contributed by atoms with Crippen LogP contribution in [0.15, 0.2) is 48.5 Å². The molecule has 0 radical (unpaired) electrons. The SMILES string of the molecule is CCC(Nc1cccc(F)c1)c1ccc(F)cc1. The van der Waals surface area contributed by atoms with Gasteiger partial charge in [-0.25, -0.2) is 8.78 Å². The predicted molar refractivity (Wildman–Crippen MR) is 69.5 cm³/mol. The third-order valence-corrected chi connectivity index (χ3v) is 2.85. The zero-order chi connectivity index (χ0) is 13.0. The molecule has 18 heavy (non-hydrogen) atoms. The lowest BCUT2D eigenvalue weighted by Crippen LogP contribution is -2.09. The van der Waals surface area contributed by atoms with Gasteiger partial charge in [0.25, 0.3) is 0 Å². The maximum atomic E-state index is 13.1. The zero-order valence-electron chi connectivity index (χ0n) is 10.2. The van der Waals surface area contributed by atoms with Gasteiger partial charge in [-0.1, -0.05) is 25.1 Å². The summed E-state index contributed by atoms with van der Waals surface area (Å²) < 4.78 is 26.0. The van der Waals surface area contributed by atoms with Crippen LogP contribution < -0.4 is 5.32 Å². The fraction of sp³-hybridized carbons (Fsp3) is 0.200. The van der Waals surface area contributed by atoms with Crippen LogP contribution in [-0.2, 0) is 0 Å². The Morgan fingerprint density at radius 3 is 2.33 bits per heavy atom. The number of rotatable bonds is 4. The second-order valence-electron chi connectivity index (χ2n) is 4.17. The molecule has 0 aliphatic carbocycles. The minimum atomic E-state index is -0.269. The summed E-state index contributed by atoms with van der Waals surface area (Å²) in [7, 11) is 0. The van der Waals surface area contributed by atoms with Crippen molar-refractivity contribution in [1.82, 2.24) is 0 Å². The van der Waals surface area contributed by atoms with Gasteiger partial charge in [-0.3, -0.25) is 0 Å². The van der Waals surface area contributed by atoms with E-state index in [1.54, 1.807) is 18.2 Å². The normalized spacial score (nSPS) is 12.2. The predicted octanol–water partition coefficient (Wildman–Crippen LogP) is 4.53. The lowest BCUT2D eigenvalue weighted by Gasteiger charge is -2.18. The molecule has 0 spiro atoms. The van der Waals surface area contributed by atoms with E-state index in [1.807, 2.05) is 13.0 Å². The second-order valence-corrected chi connectivity index (χ2v) is 4.17. The summed E-state index contributed by atoms with van der Waals surface area (Å²) in [5.74, 6) is -0.520. The van der Waals surface area contributed by atoms with Gasteiger partial charge >= 0.3 is 0 Å². The van der Waals surface area contributed by atoms with Crippen molar-refractivity contribution < 1.29 is 8.78 Å². The average Bonchev–Trinajstić information content (AvgIpc) is 2.37. The van der Waals surface area contributed by atoms with Gasteiger partial charge in [0.2, 0.25) is 0 Å². The topological polar surface area (TPSA) is 12.0 Å². The van der Waals surface area contributed by atoms with Gasteiger partial charge in [0.15, 0.2) is 0 Å². The number of benzene rings is 2. The molecule has 2 aromatic rings. The van der Waals surface area contributed by atoms with E-state index in [9.17, 15) is 8.78 Å². The highest BCUT2D eigenvalue weighted by atomic mass is 19.1. The first-order chi connectivity index (χ1) is 8.69. The van der Waals surface area contributed by atoms with Crippen LogP contribution in [0.2, 0.25) is 0 Å². The van der Waals surface area contributed by atoms with Crippen molar-refractivity contribution >= 4 is 5.69 Å². The monoisotopic (exact) mass is 247 g/mol. The fourth-order valence-electron chi connectivity index (χ4n) is 1.90. The molecule has 0 heterocycles. The Labute approximate surface area is 105 Å². The molecule has 0 saturated heterocycles. The Morgan fingerprint density at radius 1 is 1.00 bits per heavy atom. The van der Waals surface area contributed by atoms with Gasteiger partial charge in [0.1, 0.15) is 11.6 Å². The van der Waals surface area contributed by atoms with Gasteiger partial charge < -0.3 is 5.32 Å². The molecular weight excluding hydrogens is 232 g/mol. The first-order valence-corrected chi connectivity index (χ1v) is 5.96. The van der Waals surface area contributed by atoms with E-state index < -0.39 is 0 Å². The summed E-state index contributed by atoms with van der Waals surface area (Å²) >= 11 is 0. The van der Waals surface area contributed by atoms with E-state index >= 15 is 0 Å². The second kappa shape index (κ2) is 5.63. The summed E-state index contributed by atoms with van der Waals surface area (Å²) in [4.78, 5) is 0. The molecule has 0 aliphatic rings. The highest BCUT2D eigenvalue weighted by Gasteiger charge is 2.09. The molecule has 0 bridgehead atoms. The summed E-state index contributed by atoms with van der Waals surface area (Å²) in [6.45, 7) is 2.03. The van der Waals surface area contributed by atoms with E-state index in [2.05, 4.69) is 5.32 Å². The Hall–Kier alpha value is -1.90. The molecule has 3 heteroatoms. The molecule has 0 aliphatic heterocycles. The number of anilines is 1. The van der Waals surface area contributed by atoms with Gasteiger partial charge in [-0.2, -0.15) is 0 Å². The van der Waals surface area contributed by atoms with Crippen LogP contribution in [0.25, 0.3) is 0 Å². The maximum Gasteiger partial charge on any atom is 0.125 e. The van der Waals surface area contributed by atoms with Crippen LogP contribution >= 0.6 is 0 Å². The van der Waals surface area contributed by atoms with Crippen LogP contribution in [0, 0.1) is 11.6 Å². The van der Waals surface area contributed by atoms with Crippen LogP contribution in [0.4, 0.5) is 14.5 Å². The molecule has 0 saturated carbocycles. The number of hydrogen-bond donors (Lipinski definition) is 1. The third-order valence-electron chi connectivity index (χ3n) is 2.85. The van der Waals surface area contributed by atoms with Crippen molar-refractivity contribution in [2.75, 3.05) is 5.32 Å². The smallest absolute Gasteiger partial charge is 0.125 e. The van der Waals surface area contributed by atoms with E-state index in [0.29, 0.717) is 0 Å². The number of nitrogens with one attached hydrogen (secondary N) is 1. The third kappa shape index (κ3) is 3.06. The van der Waals surface area contributed by atoms with Crippen LogP contribution in [-0.4, -0.2) is 0 Å². The van der Waals surface area contributed by atoms with Crippen LogP contribution in [0.1, 0.15) is 24.9 Å². The van der Waals surface area contributed by atoms with Crippen LogP contribution in [0.3, 0.4) is 0 Å². The molecule has 1 atom stereocenters. The molecule has 0 amide bonds. The summed E-state index contributed by atoms with van der Waals surface area (Å²) in [6, 6.07) is 12.7. The van der Waals surface area contributed by atoms with Crippen molar-refractivity contribution in [3.8, 4) is 0 Å². The minimum absolute atomic E-state index is 0.0485. The molecule has 1 nitrogen and oxygen atoms in total. The number of halogens is 2. The molecular formula is C15H15F2N. The summed E-state index contributed by atoms with van der Waals surface area (Å²) in [5.41, 5.74) is 1.72. The lowest BCUT2D eigenvalue weighted by molar-refractivity contribution is 0.624. The van der Waals surface area contributed by atoms with Gasteiger partial charge in [0, 0.05) is 5.69 Å². The largest absolute Gasteiger partial charge is 0.378 e. The molecule has 94 valence electrons. The highest BCUT2D eigenvalue weighted by molar-refractivity contribution is 5.45. The lowest BCUT2D eigenvalue weighted by atomic mass is 10.0. The van der Waals surface area contributed by atoms with Crippen molar-refractivity contribution in [2.45, 2.75) is 19.4 Å². The van der Waals surface area contributed by atoms with E-state index in [4.69, 9.17) is 0 Å². The minimum Gasteiger partial charge on any atom is -0.378 e. The van der Waals surface area contributed by atoms with Crippen molar-refractivity contribution in [3.05, 3.63) is 65.7 Å². The molecule has 2 aromatic carbocycles. The van der Waals surface area contributed by atoms with Gasteiger partial charge in [0.05, 0.1) is 6.04 Å². The fourth-order valence-corrected chi connectivity index (χ4v) is 1.90. The van der Waals surface area contributed by atoms with Gasteiger partial charge in [-0.15, -0.1) is 0 Å². The Balaban J connectivity index is 2.17. The Morgan fingerprint density at radius 2 is 1.72 bits per heavy atom. The standard InChI is InChI=1S/C15H15F2N/c1-2-15(11-6-8-12(16)9-7-11)18-14-5-3-4-13(17)10-14/h3-10,15,18H,2H2,1H3. The molecule has 0 fully saturated rings. The quantitative estimate of drug-likeness (QED) is 0.837. The summed E-state index contributed by atoms with van der Waals surface area (Å²) in [6.07, 6.45) is 0.835. The van der Waals surface area contributed by atoms with Crippen LogP contribution in [0.5, 0.6) is 0 Å². The molecule has 1 N–H and O–H groups in total. The highest BCUT2D eigenvalue weighted by Crippen LogP contribution is 2.23.